The molecule has 6 nitrogen and oxygen atoms in total. The van der Waals surface area contributed by atoms with Gasteiger partial charge >= 0.3 is 0 Å². The summed E-state index contributed by atoms with van der Waals surface area (Å²) in [6.45, 7) is 2.28. The van der Waals surface area contributed by atoms with Crippen molar-refractivity contribution < 1.29 is 13.2 Å². The average molecular weight is 361 g/mol. The zero-order valence-electron chi connectivity index (χ0n) is 14.3. The van der Waals surface area contributed by atoms with Crippen LogP contribution in [0.1, 0.15) is 24.4 Å². The number of hydrogen-bond donors (Lipinski definition) is 1. The van der Waals surface area contributed by atoms with Gasteiger partial charge < -0.3 is 4.74 Å². The third-order valence-corrected chi connectivity index (χ3v) is 5.90. The quantitative estimate of drug-likeness (QED) is 0.819. The fourth-order valence-electron chi connectivity index (χ4n) is 3.12. The van der Waals surface area contributed by atoms with Crippen molar-refractivity contribution in [3.8, 4) is 5.75 Å². The lowest BCUT2D eigenvalue weighted by atomic mass is 10.1. The lowest BCUT2D eigenvalue weighted by molar-refractivity contribution is 0.246. The molecule has 0 saturated carbocycles. The fourth-order valence-corrected chi connectivity index (χ4v) is 4.12. The molecule has 1 atom stereocenters. The maximum atomic E-state index is 12.5. The molecule has 1 saturated heterocycles. The molecule has 1 aliphatic rings. The molecule has 3 rings (SSSR count). The van der Waals surface area contributed by atoms with E-state index < -0.39 is 10.0 Å². The van der Waals surface area contributed by atoms with Crippen LogP contribution in [0, 0.1) is 0 Å². The molecule has 1 aromatic carbocycles. The first-order chi connectivity index (χ1) is 12.1. The van der Waals surface area contributed by atoms with Gasteiger partial charge in [0.15, 0.2) is 0 Å². The van der Waals surface area contributed by atoms with Gasteiger partial charge in [0, 0.05) is 25.0 Å². The second kappa shape index (κ2) is 7.95. The second-order valence-corrected chi connectivity index (χ2v) is 7.84. The molecule has 0 radical (unpaired) electrons. The van der Waals surface area contributed by atoms with Crippen LogP contribution in [0.5, 0.6) is 5.75 Å². The Bertz CT molecular complexity index is 773. The summed E-state index contributed by atoms with van der Waals surface area (Å²) in [5, 5.41) is 0. The summed E-state index contributed by atoms with van der Waals surface area (Å²) in [4.78, 5) is 6.40. The van der Waals surface area contributed by atoms with Crippen LogP contribution < -0.4 is 9.46 Å². The third kappa shape index (κ3) is 4.36. The van der Waals surface area contributed by atoms with Gasteiger partial charge in [-0.2, -0.15) is 0 Å². The molecule has 1 fully saturated rings. The van der Waals surface area contributed by atoms with E-state index in [9.17, 15) is 8.42 Å². The number of aromatic nitrogens is 1. The van der Waals surface area contributed by atoms with E-state index in [2.05, 4.69) is 14.6 Å². The molecule has 25 heavy (non-hydrogen) atoms. The normalized spacial score (nSPS) is 16.7. The molecule has 0 spiro atoms. The van der Waals surface area contributed by atoms with E-state index in [0.29, 0.717) is 6.54 Å². The van der Waals surface area contributed by atoms with Crippen molar-refractivity contribution in [3.63, 3.8) is 0 Å². The number of nitrogens with one attached hydrogen (secondary N) is 1. The van der Waals surface area contributed by atoms with E-state index in [1.807, 2.05) is 24.3 Å². The Balaban J connectivity index is 1.78. The maximum absolute atomic E-state index is 12.5. The molecule has 0 amide bonds. The molecule has 1 aliphatic heterocycles. The summed E-state index contributed by atoms with van der Waals surface area (Å²) in [5.74, 6) is 0.792. The molecule has 7 heteroatoms. The van der Waals surface area contributed by atoms with Crippen LogP contribution in [0.3, 0.4) is 0 Å². The molecular formula is C18H23N3O3S. The van der Waals surface area contributed by atoms with Crippen molar-refractivity contribution in [2.24, 2.45) is 0 Å². The van der Waals surface area contributed by atoms with Crippen LogP contribution in [0.4, 0.5) is 0 Å². The number of benzene rings is 1. The van der Waals surface area contributed by atoms with Gasteiger partial charge in [-0.05, 0) is 55.8 Å². The third-order valence-electron chi connectivity index (χ3n) is 4.49. The number of rotatable bonds is 7. The Kier molecular flexibility index (Phi) is 5.67. The van der Waals surface area contributed by atoms with E-state index in [-0.39, 0.29) is 10.9 Å². The molecule has 1 N–H and O–H groups in total. The predicted molar refractivity (Wildman–Crippen MR) is 96.0 cm³/mol. The van der Waals surface area contributed by atoms with E-state index in [4.69, 9.17) is 4.74 Å². The number of likely N-dealkylation sites (tertiary alicyclic amines) is 1. The number of sulfonamides is 1. The van der Waals surface area contributed by atoms with Crippen molar-refractivity contribution >= 4 is 10.0 Å². The molecular weight excluding hydrogens is 338 g/mol. The lowest BCUT2D eigenvalue weighted by Crippen LogP contribution is -2.36. The summed E-state index contributed by atoms with van der Waals surface area (Å²) in [7, 11) is -1.94. The average Bonchev–Trinajstić information content (AvgIpc) is 3.17. The number of hydrogen-bond acceptors (Lipinski definition) is 5. The van der Waals surface area contributed by atoms with Crippen molar-refractivity contribution in [1.82, 2.24) is 14.6 Å². The first-order valence-electron chi connectivity index (χ1n) is 8.38. The van der Waals surface area contributed by atoms with Gasteiger partial charge in [-0.1, -0.05) is 12.1 Å². The molecule has 0 bridgehead atoms. The Morgan fingerprint density at radius 3 is 2.52 bits per heavy atom. The van der Waals surface area contributed by atoms with Crippen LogP contribution in [0.25, 0.3) is 0 Å². The number of methoxy groups -OCH3 is 1. The summed E-state index contributed by atoms with van der Waals surface area (Å²) in [6, 6.07) is 11.0. The van der Waals surface area contributed by atoms with Crippen LogP contribution in [0.15, 0.2) is 53.7 Å². The number of ether oxygens (including phenoxy) is 1. The van der Waals surface area contributed by atoms with E-state index in [1.54, 1.807) is 25.4 Å². The Labute approximate surface area is 148 Å². The summed E-state index contributed by atoms with van der Waals surface area (Å²) in [6.07, 6.45) is 5.20. The summed E-state index contributed by atoms with van der Waals surface area (Å²) < 4.78 is 32.9. The highest BCUT2D eigenvalue weighted by atomic mass is 32.2. The highest BCUT2D eigenvalue weighted by Gasteiger charge is 2.25. The van der Waals surface area contributed by atoms with E-state index >= 15 is 0 Å². The second-order valence-electron chi connectivity index (χ2n) is 6.07. The molecule has 1 aromatic heterocycles. The first kappa shape index (κ1) is 17.8. The summed E-state index contributed by atoms with van der Waals surface area (Å²) in [5.41, 5.74) is 1.08. The number of nitrogens with zero attached hydrogens (tertiary/aromatic N) is 2. The lowest BCUT2D eigenvalue weighted by Gasteiger charge is -2.28. The SMILES string of the molecule is COc1ccc(C(CNS(=O)(=O)c2cccnc2)N2CCCC2)cc1. The van der Waals surface area contributed by atoms with Crippen LogP contribution >= 0.6 is 0 Å². The van der Waals surface area contributed by atoms with Gasteiger partial charge in [-0.25, -0.2) is 13.1 Å². The van der Waals surface area contributed by atoms with E-state index in [1.165, 1.54) is 6.20 Å². The van der Waals surface area contributed by atoms with Crippen LogP contribution in [-0.2, 0) is 10.0 Å². The van der Waals surface area contributed by atoms with Crippen molar-refractivity contribution in [2.45, 2.75) is 23.8 Å². The largest absolute Gasteiger partial charge is 0.497 e. The highest BCUT2D eigenvalue weighted by molar-refractivity contribution is 7.89. The molecule has 2 aromatic rings. The van der Waals surface area contributed by atoms with Gasteiger partial charge in [-0.15, -0.1) is 0 Å². The Hall–Kier alpha value is -1.96. The fraction of sp³-hybridized carbons (Fsp3) is 0.389. The van der Waals surface area contributed by atoms with Crippen molar-refractivity contribution in [1.29, 1.82) is 0 Å². The van der Waals surface area contributed by atoms with Crippen molar-refractivity contribution in [3.05, 3.63) is 54.4 Å². The minimum Gasteiger partial charge on any atom is -0.497 e. The zero-order chi connectivity index (χ0) is 17.7. The minimum absolute atomic E-state index is 0.000137. The molecule has 134 valence electrons. The van der Waals surface area contributed by atoms with Gasteiger partial charge in [0.2, 0.25) is 10.0 Å². The topological polar surface area (TPSA) is 71.5 Å². The predicted octanol–water partition coefficient (Wildman–Crippen LogP) is 2.21. The van der Waals surface area contributed by atoms with Crippen molar-refractivity contribution in [2.75, 3.05) is 26.7 Å². The Morgan fingerprint density at radius 2 is 1.92 bits per heavy atom. The van der Waals surface area contributed by atoms with Gasteiger partial charge in [0.25, 0.3) is 0 Å². The first-order valence-corrected chi connectivity index (χ1v) is 9.86. The highest BCUT2D eigenvalue weighted by Crippen LogP contribution is 2.26. The van der Waals surface area contributed by atoms with Gasteiger partial charge in [-0.3, -0.25) is 9.88 Å². The van der Waals surface area contributed by atoms with Gasteiger partial charge in [0.1, 0.15) is 10.6 Å². The number of pyridine rings is 1. The van der Waals surface area contributed by atoms with Gasteiger partial charge in [0.05, 0.1) is 7.11 Å². The molecule has 0 aliphatic carbocycles. The van der Waals surface area contributed by atoms with Crippen LogP contribution in [-0.4, -0.2) is 45.0 Å². The van der Waals surface area contributed by atoms with Crippen LogP contribution in [0.2, 0.25) is 0 Å². The maximum Gasteiger partial charge on any atom is 0.242 e. The molecule has 2 heterocycles. The summed E-state index contributed by atoms with van der Waals surface area (Å²) >= 11 is 0. The smallest absolute Gasteiger partial charge is 0.242 e. The Morgan fingerprint density at radius 1 is 1.20 bits per heavy atom. The monoisotopic (exact) mass is 361 g/mol. The standard InChI is InChI=1S/C18H23N3O3S/c1-24-16-8-6-15(7-9-16)18(21-11-2-3-12-21)14-20-25(22,23)17-5-4-10-19-13-17/h4-10,13,18,20H,2-3,11-12,14H2,1H3. The zero-order valence-corrected chi connectivity index (χ0v) is 15.1. The van der Waals surface area contributed by atoms with E-state index in [0.717, 1.165) is 37.2 Å². The molecule has 1 unspecified atom stereocenters. The minimum atomic E-state index is -3.57.